The third kappa shape index (κ3) is 5.40. The largest absolute Gasteiger partial charge is 0.481 e. The smallest absolute Gasteiger partial charge is 0.407 e. The van der Waals surface area contributed by atoms with Gasteiger partial charge in [-0.1, -0.05) is 76.1 Å². The number of amides is 2. The number of rotatable bonds is 7. The number of carboxylic acids is 1. The van der Waals surface area contributed by atoms with Crippen molar-refractivity contribution in [3.63, 3.8) is 0 Å². The summed E-state index contributed by atoms with van der Waals surface area (Å²) in [4.78, 5) is 36.5. The van der Waals surface area contributed by atoms with E-state index in [1.807, 2.05) is 48.5 Å². The van der Waals surface area contributed by atoms with E-state index in [1.165, 1.54) is 6.07 Å². The van der Waals surface area contributed by atoms with Crippen LogP contribution < -0.4 is 10.6 Å². The van der Waals surface area contributed by atoms with Gasteiger partial charge in [0.05, 0.1) is 6.42 Å². The molecule has 0 radical (unpaired) electrons. The number of ether oxygens (including phenoxy) is 1. The highest BCUT2D eigenvalue weighted by Gasteiger charge is 2.30. The second-order valence-electron chi connectivity index (χ2n) is 7.77. The summed E-state index contributed by atoms with van der Waals surface area (Å²) >= 11 is 9.27. The van der Waals surface area contributed by atoms with E-state index in [4.69, 9.17) is 16.3 Å². The van der Waals surface area contributed by atoms with Crippen molar-refractivity contribution in [3.05, 3.63) is 87.4 Å². The third-order valence-electron chi connectivity index (χ3n) is 5.46. The van der Waals surface area contributed by atoms with Gasteiger partial charge in [0.2, 0.25) is 5.91 Å². The number of carbonyl (C=O) groups is 3. The van der Waals surface area contributed by atoms with Crippen molar-refractivity contribution in [2.45, 2.75) is 18.4 Å². The van der Waals surface area contributed by atoms with E-state index in [-0.39, 0.29) is 12.5 Å². The molecule has 0 bridgehead atoms. The number of halogens is 2. The van der Waals surface area contributed by atoms with Crippen molar-refractivity contribution in [1.29, 1.82) is 0 Å². The first-order valence-corrected chi connectivity index (χ1v) is 11.6. The van der Waals surface area contributed by atoms with E-state index < -0.39 is 30.4 Å². The van der Waals surface area contributed by atoms with Crippen molar-refractivity contribution in [1.82, 2.24) is 5.32 Å². The molecule has 3 aromatic carbocycles. The maximum Gasteiger partial charge on any atom is 0.407 e. The van der Waals surface area contributed by atoms with Crippen LogP contribution in [0.2, 0.25) is 5.02 Å². The number of anilines is 1. The molecule has 34 heavy (non-hydrogen) atoms. The highest BCUT2D eigenvalue weighted by Crippen LogP contribution is 2.44. The summed E-state index contributed by atoms with van der Waals surface area (Å²) in [6.07, 6.45) is -1.49. The second kappa shape index (κ2) is 10.3. The summed E-state index contributed by atoms with van der Waals surface area (Å²) in [7, 11) is 0. The molecule has 174 valence electrons. The topological polar surface area (TPSA) is 105 Å². The minimum atomic E-state index is -1.34. The molecule has 9 heteroatoms. The zero-order chi connectivity index (χ0) is 24.2. The van der Waals surface area contributed by atoms with E-state index in [2.05, 4.69) is 26.6 Å². The highest BCUT2D eigenvalue weighted by molar-refractivity contribution is 9.10. The van der Waals surface area contributed by atoms with Crippen LogP contribution in [0.15, 0.2) is 71.2 Å². The van der Waals surface area contributed by atoms with Crippen molar-refractivity contribution < 1.29 is 24.2 Å². The fourth-order valence-electron chi connectivity index (χ4n) is 4.02. The lowest BCUT2D eigenvalue weighted by molar-refractivity contribution is -0.139. The van der Waals surface area contributed by atoms with Crippen molar-refractivity contribution >= 4 is 51.2 Å². The Morgan fingerprint density at radius 1 is 1.00 bits per heavy atom. The fraction of sp³-hybridized carbons (Fsp3) is 0.160. The Morgan fingerprint density at radius 3 is 2.21 bits per heavy atom. The van der Waals surface area contributed by atoms with E-state index >= 15 is 0 Å². The van der Waals surface area contributed by atoms with E-state index in [0.717, 1.165) is 22.3 Å². The molecule has 3 N–H and O–H groups in total. The van der Waals surface area contributed by atoms with Crippen LogP contribution >= 0.6 is 27.5 Å². The van der Waals surface area contributed by atoms with Gasteiger partial charge in [0.1, 0.15) is 12.6 Å². The van der Waals surface area contributed by atoms with Crippen molar-refractivity contribution in [2.75, 3.05) is 11.9 Å². The summed E-state index contributed by atoms with van der Waals surface area (Å²) in [6, 6.07) is 19.2. The molecule has 0 spiro atoms. The van der Waals surface area contributed by atoms with Crippen LogP contribution in [-0.2, 0) is 14.3 Å². The molecule has 0 saturated heterocycles. The molecule has 4 rings (SSSR count). The summed E-state index contributed by atoms with van der Waals surface area (Å²) in [5.41, 5.74) is 4.62. The lowest BCUT2D eigenvalue weighted by Gasteiger charge is -2.19. The van der Waals surface area contributed by atoms with Gasteiger partial charge in [0.15, 0.2) is 0 Å². The SMILES string of the molecule is O=C(O)CC(NC(=O)OCC1c2ccccc2-c2ccccc21)C(=O)Nc1cc(Cl)cc(Br)c1. The van der Waals surface area contributed by atoms with Crippen LogP contribution in [0, 0.1) is 0 Å². The molecule has 1 unspecified atom stereocenters. The predicted molar refractivity (Wildman–Crippen MR) is 132 cm³/mol. The molecule has 0 aliphatic heterocycles. The van der Waals surface area contributed by atoms with Crippen LogP contribution in [-0.4, -0.2) is 35.7 Å². The monoisotopic (exact) mass is 542 g/mol. The Balaban J connectivity index is 1.43. The minimum absolute atomic E-state index is 0.0442. The molecule has 1 atom stereocenters. The van der Waals surface area contributed by atoms with Gasteiger partial charge in [-0.2, -0.15) is 0 Å². The molecule has 0 heterocycles. The molecule has 0 fully saturated rings. The first-order valence-electron chi connectivity index (χ1n) is 10.4. The lowest BCUT2D eigenvalue weighted by Crippen LogP contribution is -2.45. The average molecular weight is 544 g/mol. The van der Waals surface area contributed by atoms with E-state index in [0.29, 0.717) is 15.2 Å². The quantitative estimate of drug-likeness (QED) is 0.369. The molecule has 1 aliphatic rings. The van der Waals surface area contributed by atoms with Gasteiger partial charge in [0.25, 0.3) is 0 Å². The van der Waals surface area contributed by atoms with Crippen LogP contribution in [0.3, 0.4) is 0 Å². The molecule has 0 aromatic heterocycles. The Labute approximate surface area is 209 Å². The Kier molecular flexibility index (Phi) is 7.19. The fourth-order valence-corrected chi connectivity index (χ4v) is 4.88. The summed E-state index contributed by atoms with van der Waals surface area (Å²) in [6.45, 7) is 0.0442. The Hall–Kier alpha value is -3.36. The first-order chi connectivity index (χ1) is 16.3. The van der Waals surface area contributed by atoms with Gasteiger partial charge in [0, 0.05) is 21.1 Å². The summed E-state index contributed by atoms with van der Waals surface area (Å²) in [5, 5.41) is 14.5. The minimum Gasteiger partial charge on any atom is -0.481 e. The van der Waals surface area contributed by atoms with Crippen molar-refractivity contribution in [3.8, 4) is 11.1 Å². The number of hydrogen-bond acceptors (Lipinski definition) is 4. The Bertz CT molecular complexity index is 1200. The lowest BCUT2D eigenvalue weighted by atomic mass is 9.98. The van der Waals surface area contributed by atoms with Gasteiger partial charge in [-0.15, -0.1) is 0 Å². The van der Waals surface area contributed by atoms with Gasteiger partial charge < -0.3 is 20.5 Å². The molecule has 7 nitrogen and oxygen atoms in total. The van der Waals surface area contributed by atoms with Crippen molar-refractivity contribution in [2.24, 2.45) is 0 Å². The number of hydrogen-bond donors (Lipinski definition) is 3. The number of aliphatic carboxylic acids is 1. The number of benzene rings is 3. The van der Waals surface area contributed by atoms with Crippen LogP contribution in [0.4, 0.5) is 10.5 Å². The van der Waals surface area contributed by atoms with Gasteiger partial charge >= 0.3 is 12.1 Å². The van der Waals surface area contributed by atoms with Gasteiger partial charge in [-0.25, -0.2) is 4.79 Å². The van der Waals surface area contributed by atoms with Crippen LogP contribution in [0.5, 0.6) is 0 Å². The third-order valence-corrected chi connectivity index (χ3v) is 6.14. The highest BCUT2D eigenvalue weighted by atomic mass is 79.9. The standard InChI is InChI=1S/C25H20BrClN2O5/c26-14-9-15(27)11-16(10-14)28-24(32)22(12-23(30)31)29-25(33)34-13-21-19-7-3-1-5-17(19)18-6-2-4-8-20(18)21/h1-11,21-22H,12-13H2,(H,28,32)(H,29,33)(H,30,31). The van der Waals surface area contributed by atoms with Gasteiger partial charge in [-0.05, 0) is 40.5 Å². The molecular formula is C25H20BrClN2O5. The van der Waals surface area contributed by atoms with Crippen LogP contribution in [0.1, 0.15) is 23.5 Å². The molecule has 2 amide bonds. The molecule has 0 saturated carbocycles. The number of carboxylic acid groups (broad SMARTS) is 1. The van der Waals surface area contributed by atoms with Crippen LogP contribution in [0.25, 0.3) is 11.1 Å². The molecular weight excluding hydrogens is 524 g/mol. The number of nitrogens with one attached hydrogen (secondary N) is 2. The Morgan fingerprint density at radius 2 is 1.62 bits per heavy atom. The zero-order valence-electron chi connectivity index (χ0n) is 17.8. The summed E-state index contributed by atoms with van der Waals surface area (Å²) in [5.74, 6) is -2.11. The molecule has 1 aliphatic carbocycles. The maximum absolute atomic E-state index is 12.7. The normalized spacial score (nSPS) is 12.9. The predicted octanol–water partition coefficient (Wildman–Crippen LogP) is 5.42. The number of carbonyl (C=O) groups excluding carboxylic acids is 2. The van der Waals surface area contributed by atoms with Gasteiger partial charge in [-0.3, -0.25) is 9.59 Å². The molecule has 3 aromatic rings. The number of fused-ring (bicyclic) bond motifs is 3. The van der Waals surface area contributed by atoms with E-state index in [9.17, 15) is 19.5 Å². The zero-order valence-corrected chi connectivity index (χ0v) is 20.1. The first kappa shape index (κ1) is 23.8. The summed E-state index contributed by atoms with van der Waals surface area (Å²) < 4.78 is 6.07. The average Bonchev–Trinajstić information content (AvgIpc) is 3.10. The second-order valence-corrected chi connectivity index (χ2v) is 9.12. The maximum atomic E-state index is 12.7. The van der Waals surface area contributed by atoms with E-state index in [1.54, 1.807) is 12.1 Å². The number of alkyl carbamates (subject to hydrolysis) is 1.